The number of carbonyl (C=O) groups is 1. The largest absolute Gasteiger partial charge is 0.396 e. The van der Waals surface area contributed by atoms with Crippen molar-refractivity contribution in [3.8, 4) is 0 Å². The molecule has 0 saturated heterocycles. The molecule has 1 amide bonds. The van der Waals surface area contributed by atoms with Gasteiger partial charge in [0, 0.05) is 18.9 Å². The van der Waals surface area contributed by atoms with Crippen molar-refractivity contribution < 1.29 is 15.0 Å². The predicted octanol–water partition coefficient (Wildman–Crippen LogP) is 9.25. The Morgan fingerprint density at radius 2 is 0.865 bits per heavy atom. The van der Waals surface area contributed by atoms with Crippen LogP contribution in [0.3, 0.4) is 0 Å². The summed E-state index contributed by atoms with van der Waals surface area (Å²) in [4.78, 5) is 12.4. The maximum absolute atomic E-state index is 12.4. The van der Waals surface area contributed by atoms with Gasteiger partial charge < -0.3 is 15.5 Å². The molecule has 0 bridgehead atoms. The first-order valence-electron chi connectivity index (χ1n) is 16.7. The summed E-state index contributed by atoms with van der Waals surface area (Å²) in [5.41, 5.74) is 0. The number of unbranched alkanes of at least 4 members (excludes halogenated alkanes) is 22. The molecule has 0 radical (unpaired) electrons. The Morgan fingerprint density at radius 3 is 1.22 bits per heavy atom. The SMILES string of the molecule is CCCCCCCCCCCCCCCC(=O)N[C@@H](CO)C(CO)CCCCCCCCCCCCC. The van der Waals surface area contributed by atoms with Crippen molar-refractivity contribution in [3.05, 3.63) is 0 Å². The molecule has 0 aliphatic heterocycles. The van der Waals surface area contributed by atoms with Gasteiger partial charge in [-0.1, -0.05) is 162 Å². The fourth-order valence-corrected chi connectivity index (χ4v) is 5.39. The number of nitrogens with one attached hydrogen (secondary N) is 1. The van der Waals surface area contributed by atoms with E-state index in [-0.39, 0.29) is 31.1 Å². The summed E-state index contributed by atoms with van der Waals surface area (Å²) >= 11 is 0. The molecule has 4 heteroatoms. The maximum atomic E-state index is 12.4. The van der Waals surface area contributed by atoms with Crippen LogP contribution in [0.15, 0.2) is 0 Å². The second-order valence-corrected chi connectivity index (χ2v) is 11.6. The number of aliphatic hydroxyl groups is 2. The topological polar surface area (TPSA) is 69.6 Å². The molecule has 1 unspecified atom stereocenters. The van der Waals surface area contributed by atoms with Crippen molar-refractivity contribution >= 4 is 5.91 Å². The normalized spacial score (nSPS) is 13.1. The van der Waals surface area contributed by atoms with Crippen LogP contribution < -0.4 is 5.32 Å². The fourth-order valence-electron chi connectivity index (χ4n) is 5.39. The Hall–Kier alpha value is -0.610. The van der Waals surface area contributed by atoms with Gasteiger partial charge in [0.1, 0.15) is 0 Å². The number of amides is 1. The van der Waals surface area contributed by atoms with E-state index in [0.29, 0.717) is 6.42 Å². The number of aliphatic hydroxyl groups excluding tert-OH is 2. The fraction of sp³-hybridized carbons (Fsp3) is 0.970. The lowest BCUT2D eigenvalue weighted by Gasteiger charge is -2.25. The van der Waals surface area contributed by atoms with E-state index in [1.54, 1.807) is 0 Å². The maximum Gasteiger partial charge on any atom is 0.220 e. The van der Waals surface area contributed by atoms with Crippen LogP contribution in [-0.4, -0.2) is 35.4 Å². The Morgan fingerprint density at radius 1 is 0.514 bits per heavy atom. The molecule has 0 aliphatic carbocycles. The molecule has 0 spiro atoms. The van der Waals surface area contributed by atoms with E-state index >= 15 is 0 Å². The van der Waals surface area contributed by atoms with Gasteiger partial charge in [-0.15, -0.1) is 0 Å². The molecule has 0 saturated carbocycles. The van der Waals surface area contributed by atoms with Gasteiger partial charge in [-0.25, -0.2) is 0 Å². The van der Waals surface area contributed by atoms with E-state index < -0.39 is 0 Å². The van der Waals surface area contributed by atoms with Crippen LogP contribution in [0.2, 0.25) is 0 Å². The van der Waals surface area contributed by atoms with Crippen LogP contribution >= 0.6 is 0 Å². The third-order valence-corrected chi connectivity index (χ3v) is 8.03. The molecule has 3 N–H and O–H groups in total. The molecule has 0 aromatic heterocycles. The quantitative estimate of drug-likeness (QED) is 0.0818. The highest BCUT2D eigenvalue weighted by molar-refractivity contribution is 5.76. The minimum absolute atomic E-state index is 0.0273. The first-order chi connectivity index (χ1) is 18.2. The Bertz CT molecular complexity index is 457. The van der Waals surface area contributed by atoms with Crippen molar-refractivity contribution in [3.63, 3.8) is 0 Å². The monoisotopic (exact) mass is 526 g/mol. The van der Waals surface area contributed by atoms with Gasteiger partial charge in [-0.2, -0.15) is 0 Å². The van der Waals surface area contributed by atoms with E-state index in [1.807, 2.05) is 0 Å². The zero-order chi connectivity index (χ0) is 27.2. The van der Waals surface area contributed by atoms with Crippen molar-refractivity contribution in [1.29, 1.82) is 0 Å². The number of hydrogen-bond acceptors (Lipinski definition) is 3. The summed E-state index contributed by atoms with van der Waals surface area (Å²) in [5, 5.41) is 22.7. The summed E-state index contributed by atoms with van der Waals surface area (Å²) in [6.45, 7) is 4.47. The smallest absolute Gasteiger partial charge is 0.220 e. The lowest BCUT2D eigenvalue weighted by Crippen LogP contribution is -2.44. The molecule has 222 valence electrons. The first-order valence-corrected chi connectivity index (χ1v) is 16.7. The predicted molar refractivity (Wildman–Crippen MR) is 161 cm³/mol. The molecule has 0 aromatic carbocycles. The van der Waals surface area contributed by atoms with Gasteiger partial charge >= 0.3 is 0 Å². The molecule has 0 fully saturated rings. The Labute approximate surface area is 232 Å². The zero-order valence-electron chi connectivity index (χ0n) is 25.3. The molecule has 37 heavy (non-hydrogen) atoms. The average Bonchev–Trinajstić information content (AvgIpc) is 2.91. The minimum Gasteiger partial charge on any atom is -0.396 e. The van der Waals surface area contributed by atoms with Crippen LogP contribution in [0, 0.1) is 5.92 Å². The van der Waals surface area contributed by atoms with Crippen molar-refractivity contribution in [2.24, 2.45) is 5.92 Å². The second-order valence-electron chi connectivity index (χ2n) is 11.6. The van der Waals surface area contributed by atoms with Crippen LogP contribution in [0.1, 0.15) is 181 Å². The molecule has 0 rings (SSSR count). The summed E-state index contributed by atoms with van der Waals surface area (Å²) in [6, 6.07) is -0.317. The third-order valence-electron chi connectivity index (χ3n) is 8.03. The standard InChI is InChI=1S/C33H67NO3/c1-3-5-7-9-11-13-15-16-18-20-22-24-26-28-33(37)34-32(30-36)31(29-35)27-25-23-21-19-17-14-12-10-8-6-4-2/h31-32,35-36H,3-30H2,1-2H3,(H,34,37)/t31?,32-/m0/s1. The van der Waals surface area contributed by atoms with Crippen LogP contribution in [0.5, 0.6) is 0 Å². The van der Waals surface area contributed by atoms with Crippen LogP contribution in [-0.2, 0) is 4.79 Å². The first kappa shape index (κ1) is 36.4. The van der Waals surface area contributed by atoms with Crippen LogP contribution in [0.25, 0.3) is 0 Å². The molecule has 0 aromatic rings. The van der Waals surface area contributed by atoms with E-state index in [2.05, 4.69) is 19.2 Å². The molecular formula is C33H67NO3. The van der Waals surface area contributed by atoms with Crippen molar-refractivity contribution in [2.75, 3.05) is 13.2 Å². The second kappa shape index (κ2) is 29.9. The summed E-state index contributed by atoms with van der Waals surface area (Å²) in [7, 11) is 0. The molecule has 0 heterocycles. The van der Waals surface area contributed by atoms with Gasteiger partial charge in [-0.05, 0) is 12.8 Å². The van der Waals surface area contributed by atoms with Crippen molar-refractivity contribution in [1.82, 2.24) is 5.32 Å². The van der Waals surface area contributed by atoms with E-state index in [1.165, 1.54) is 135 Å². The highest BCUT2D eigenvalue weighted by Gasteiger charge is 2.21. The van der Waals surface area contributed by atoms with Crippen LogP contribution in [0.4, 0.5) is 0 Å². The lowest BCUT2D eigenvalue weighted by molar-refractivity contribution is -0.122. The van der Waals surface area contributed by atoms with E-state index in [4.69, 9.17) is 0 Å². The summed E-state index contributed by atoms with van der Waals surface area (Å²) < 4.78 is 0. The number of rotatable bonds is 30. The summed E-state index contributed by atoms with van der Waals surface area (Å²) in [5.74, 6) is -0.0151. The molecule has 2 atom stereocenters. The zero-order valence-corrected chi connectivity index (χ0v) is 25.3. The molecule has 0 aliphatic rings. The highest BCUT2D eigenvalue weighted by atomic mass is 16.3. The molecular weight excluding hydrogens is 458 g/mol. The van der Waals surface area contributed by atoms with Gasteiger partial charge in [0.2, 0.25) is 5.91 Å². The Kier molecular flexibility index (Phi) is 29.4. The Balaban J connectivity index is 3.70. The third kappa shape index (κ3) is 25.4. The highest BCUT2D eigenvalue weighted by Crippen LogP contribution is 2.17. The van der Waals surface area contributed by atoms with Gasteiger partial charge in [0.25, 0.3) is 0 Å². The minimum atomic E-state index is -0.317. The van der Waals surface area contributed by atoms with E-state index in [9.17, 15) is 15.0 Å². The van der Waals surface area contributed by atoms with Crippen molar-refractivity contribution in [2.45, 2.75) is 187 Å². The lowest BCUT2D eigenvalue weighted by atomic mass is 9.93. The van der Waals surface area contributed by atoms with E-state index in [0.717, 1.165) is 25.7 Å². The number of carbonyl (C=O) groups excluding carboxylic acids is 1. The van der Waals surface area contributed by atoms with Gasteiger partial charge in [-0.3, -0.25) is 4.79 Å². The average molecular weight is 526 g/mol. The van der Waals surface area contributed by atoms with Gasteiger partial charge in [0.15, 0.2) is 0 Å². The van der Waals surface area contributed by atoms with Gasteiger partial charge in [0.05, 0.1) is 12.6 Å². The number of hydrogen-bond donors (Lipinski definition) is 3. The molecule has 4 nitrogen and oxygen atoms in total. The summed E-state index contributed by atoms with van der Waals surface area (Å²) in [6.07, 6.45) is 32.7.